The molecule has 3 N–H and O–H groups in total. The van der Waals surface area contributed by atoms with Crippen LogP contribution in [0.2, 0.25) is 0 Å². The van der Waals surface area contributed by atoms with Crippen LogP contribution in [0.4, 0.5) is 0 Å². The molecule has 1 saturated carbocycles. The Bertz CT molecular complexity index is 240. The molecule has 1 aliphatic rings. The largest absolute Gasteiger partial charge is 0.480 e. The number of aliphatic hydroxyl groups excluding tert-OH is 1. The van der Waals surface area contributed by atoms with Crippen LogP contribution in [0.3, 0.4) is 0 Å². The summed E-state index contributed by atoms with van der Waals surface area (Å²) in [6, 6.07) is -0.114. The minimum Gasteiger partial charge on any atom is -0.480 e. The van der Waals surface area contributed by atoms with Crippen molar-refractivity contribution in [3.8, 4) is 0 Å². The molecule has 1 fully saturated rings. The van der Waals surface area contributed by atoms with Gasteiger partial charge in [-0.05, 0) is 25.2 Å². The third-order valence-electron chi connectivity index (χ3n) is 3.86. The molecule has 16 heavy (non-hydrogen) atoms. The Morgan fingerprint density at radius 1 is 1.56 bits per heavy atom. The van der Waals surface area contributed by atoms with Crippen molar-refractivity contribution in [3.63, 3.8) is 0 Å². The monoisotopic (exact) mass is 229 g/mol. The van der Waals surface area contributed by atoms with Crippen molar-refractivity contribution in [3.05, 3.63) is 0 Å². The summed E-state index contributed by atoms with van der Waals surface area (Å²) in [5.74, 6) is -0.647. The summed E-state index contributed by atoms with van der Waals surface area (Å²) >= 11 is 0. The van der Waals surface area contributed by atoms with Gasteiger partial charge < -0.3 is 10.2 Å². The number of aliphatic hydroxyl groups is 1. The van der Waals surface area contributed by atoms with Crippen LogP contribution in [0, 0.1) is 5.92 Å². The number of hydrogen-bond donors (Lipinski definition) is 3. The predicted molar refractivity (Wildman–Crippen MR) is 62.3 cm³/mol. The number of nitrogens with one attached hydrogen (secondary N) is 1. The third kappa shape index (κ3) is 2.55. The summed E-state index contributed by atoms with van der Waals surface area (Å²) in [4.78, 5) is 11.5. The molecule has 1 rings (SSSR count). The molecule has 0 spiro atoms. The number of carboxylic acids is 1. The Morgan fingerprint density at radius 2 is 2.25 bits per heavy atom. The van der Waals surface area contributed by atoms with E-state index in [1.165, 1.54) is 0 Å². The van der Waals surface area contributed by atoms with Crippen molar-refractivity contribution < 1.29 is 15.0 Å². The average molecular weight is 229 g/mol. The molecule has 3 unspecified atom stereocenters. The molecule has 1 aliphatic carbocycles. The van der Waals surface area contributed by atoms with Crippen LogP contribution in [-0.4, -0.2) is 34.4 Å². The highest BCUT2D eigenvalue weighted by Crippen LogP contribution is 2.34. The Hall–Kier alpha value is -0.610. The van der Waals surface area contributed by atoms with E-state index in [9.17, 15) is 15.0 Å². The van der Waals surface area contributed by atoms with Crippen LogP contribution in [0.15, 0.2) is 0 Å². The molecule has 0 aliphatic heterocycles. The van der Waals surface area contributed by atoms with Crippen LogP contribution in [-0.2, 0) is 4.79 Å². The zero-order valence-electron chi connectivity index (χ0n) is 10.2. The fourth-order valence-electron chi connectivity index (χ4n) is 2.58. The molecule has 0 bridgehead atoms. The fraction of sp³-hybridized carbons (Fsp3) is 0.917. The van der Waals surface area contributed by atoms with E-state index in [0.29, 0.717) is 6.42 Å². The van der Waals surface area contributed by atoms with E-state index in [-0.39, 0.29) is 18.6 Å². The molecule has 4 heteroatoms. The highest BCUT2D eigenvalue weighted by molar-refractivity contribution is 5.79. The predicted octanol–water partition coefficient (Wildman–Crippen LogP) is 1.38. The molecule has 3 atom stereocenters. The maximum atomic E-state index is 11.5. The van der Waals surface area contributed by atoms with Crippen molar-refractivity contribution in [2.45, 2.75) is 57.5 Å². The molecule has 0 saturated heterocycles. The molecular weight excluding hydrogens is 206 g/mol. The van der Waals surface area contributed by atoms with E-state index in [1.807, 2.05) is 13.8 Å². The third-order valence-corrected chi connectivity index (χ3v) is 3.86. The molecule has 0 radical (unpaired) electrons. The quantitative estimate of drug-likeness (QED) is 0.666. The second kappa shape index (κ2) is 5.64. The van der Waals surface area contributed by atoms with Crippen molar-refractivity contribution in [1.82, 2.24) is 5.32 Å². The highest BCUT2D eigenvalue weighted by atomic mass is 16.4. The Morgan fingerprint density at radius 3 is 2.69 bits per heavy atom. The summed E-state index contributed by atoms with van der Waals surface area (Å²) in [6.45, 7) is 3.94. The number of carboxylic acid groups (broad SMARTS) is 1. The lowest BCUT2D eigenvalue weighted by Gasteiger charge is -2.42. The topological polar surface area (TPSA) is 69.6 Å². The van der Waals surface area contributed by atoms with Gasteiger partial charge in [-0.2, -0.15) is 0 Å². The van der Waals surface area contributed by atoms with E-state index in [4.69, 9.17) is 0 Å². The van der Waals surface area contributed by atoms with Crippen LogP contribution < -0.4 is 5.32 Å². The van der Waals surface area contributed by atoms with Gasteiger partial charge in [0.15, 0.2) is 0 Å². The minimum atomic E-state index is -0.832. The first-order chi connectivity index (χ1) is 7.56. The van der Waals surface area contributed by atoms with Crippen LogP contribution in [0.1, 0.15) is 46.0 Å². The van der Waals surface area contributed by atoms with Gasteiger partial charge in [-0.25, -0.2) is 0 Å². The molecule has 0 heterocycles. The highest BCUT2D eigenvalue weighted by Gasteiger charge is 2.45. The first kappa shape index (κ1) is 13.5. The van der Waals surface area contributed by atoms with Gasteiger partial charge >= 0.3 is 5.97 Å². The van der Waals surface area contributed by atoms with Gasteiger partial charge in [-0.3, -0.25) is 10.1 Å². The molecule has 0 aromatic heterocycles. The van der Waals surface area contributed by atoms with Gasteiger partial charge in [0.25, 0.3) is 0 Å². The van der Waals surface area contributed by atoms with Gasteiger partial charge in [0, 0.05) is 6.04 Å². The van der Waals surface area contributed by atoms with Gasteiger partial charge in [0.2, 0.25) is 0 Å². The van der Waals surface area contributed by atoms with Crippen molar-refractivity contribution >= 4 is 5.97 Å². The van der Waals surface area contributed by atoms with E-state index >= 15 is 0 Å². The zero-order chi connectivity index (χ0) is 12.2. The lowest BCUT2D eigenvalue weighted by molar-refractivity contribution is -0.149. The number of aliphatic carboxylic acids is 1. The second-order valence-electron chi connectivity index (χ2n) is 4.86. The summed E-state index contributed by atoms with van der Waals surface area (Å²) in [6.07, 6.45) is 4.42. The number of carbonyl (C=O) groups is 1. The maximum absolute atomic E-state index is 11.5. The Kier molecular flexibility index (Phi) is 4.74. The minimum absolute atomic E-state index is 0.00174. The molecule has 0 amide bonds. The first-order valence-electron chi connectivity index (χ1n) is 6.18. The lowest BCUT2D eigenvalue weighted by atomic mass is 9.73. The fourth-order valence-corrected chi connectivity index (χ4v) is 2.58. The van der Waals surface area contributed by atoms with Crippen LogP contribution in [0.5, 0.6) is 0 Å². The Balaban J connectivity index is 2.82. The van der Waals surface area contributed by atoms with Gasteiger partial charge in [0.1, 0.15) is 5.54 Å². The SMILES string of the molecule is CCC(CO)NC1(C(=O)O)CCCCC1C. The molecule has 94 valence electrons. The van der Waals surface area contributed by atoms with Gasteiger partial charge in [-0.15, -0.1) is 0 Å². The number of rotatable bonds is 5. The van der Waals surface area contributed by atoms with Crippen molar-refractivity contribution in [2.24, 2.45) is 5.92 Å². The van der Waals surface area contributed by atoms with Crippen molar-refractivity contribution in [1.29, 1.82) is 0 Å². The second-order valence-corrected chi connectivity index (χ2v) is 4.86. The standard InChI is InChI=1S/C12H23NO3/c1-3-10(8-14)13-12(11(15)16)7-5-4-6-9(12)2/h9-10,13-14H,3-8H2,1-2H3,(H,15,16). The maximum Gasteiger partial charge on any atom is 0.324 e. The average Bonchev–Trinajstić information content (AvgIpc) is 2.28. The van der Waals surface area contributed by atoms with Crippen LogP contribution >= 0.6 is 0 Å². The molecular formula is C12H23NO3. The number of hydrogen-bond acceptors (Lipinski definition) is 3. The zero-order valence-corrected chi connectivity index (χ0v) is 10.2. The van der Waals surface area contributed by atoms with E-state index < -0.39 is 11.5 Å². The van der Waals surface area contributed by atoms with Crippen LogP contribution in [0.25, 0.3) is 0 Å². The van der Waals surface area contributed by atoms with Gasteiger partial charge in [0.05, 0.1) is 6.61 Å². The smallest absolute Gasteiger partial charge is 0.324 e. The van der Waals surface area contributed by atoms with E-state index in [1.54, 1.807) is 0 Å². The Labute approximate surface area is 97.0 Å². The summed E-state index contributed by atoms with van der Waals surface area (Å²) in [5, 5.41) is 21.8. The lowest BCUT2D eigenvalue weighted by Crippen LogP contribution is -2.61. The summed E-state index contributed by atoms with van der Waals surface area (Å²) in [5.41, 5.74) is -0.832. The molecule has 4 nitrogen and oxygen atoms in total. The molecule has 0 aromatic rings. The van der Waals surface area contributed by atoms with E-state index in [2.05, 4.69) is 5.32 Å². The molecule has 0 aromatic carbocycles. The first-order valence-corrected chi connectivity index (χ1v) is 6.18. The van der Waals surface area contributed by atoms with Crippen molar-refractivity contribution in [2.75, 3.05) is 6.61 Å². The summed E-state index contributed by atoms with van der Waals surface area (Å²) in [7, 11) is 0. The van der Waals surface area contributed by atoms with E-state index in [0.717, 1.165) is 25.7 Å². The van der Waals surface area contributed by atoms with Gasteiger partial charge in [-0.1, -0.05) is 26.7 Å². The normalized spacial score (nSPS) is 32.3. The summed E-state index contributed by atoms with van der Waals surface area (Å²) < 4.78 is 0.